The van der Waals surface area contributed by atoms with Crippen molar-refractivity contribution in [1.29, 1.82) is 0 Å². The van der Waals surface area contributed by atoms with Crippen LogP contribution in [-0.4, -0.2) is 28.5 Å². The molecule has 1 rings (SSSR count). The number of hydrogen-bond acceptors (Lipinski definition) is 4. The van der Waals surface area contributed by atoms with Gasteiger partial charge in [-0.1, -0.05) is 6.92 Å². The Morgan fingerprint density at radius 2 is 2.31 bits per heavy atom. The fraction of sp³-hybridized carbons (Fsp3) is 0.500. The Morgan fingerprint density at radius 3 is 2.75 bits per heavy atom. The van der Waals surface area contributed by atoms with Gasteiger partial charge in [0.2, 0.25) is 0 Å². The predicted octanol–water partition coefficient (Wildman–Crippen LogP) is 1.37. The van der Waals surface area contributed by atoms with Crippen molar-refractivity contribution in [2.75, 3.05) is 6.54 Å². The van der Waals surface area contributed by atoms with Crippen molar-refractivity contribution < 1.29 is 14.7 Å². The molecule has 16 heavy (non-hydrogen) atoms. The molecule has 1 unspecified atom stereocenters. The van der Waals surface area contributed by atoms with Crippen LogP contribution in [0, 0.1) is 5.41 Å². The van der Waals surface area contributed by atoms with Crippen LogP contribution < -0.4 is 5.32 Å². The molecule has 0 radical (unpaired) electrons. The van der Waals surface area contributed by atoms with Crippen molar-refractivity contribution in [3.05, 3.63) is 16.6 Å². The Morgan fingerprint density at radius 1 is 1.62 bits per heavy atom. The van der Waals surface area contributed by atoms with Gasteiger partial charge in [0.15, 0.2) is 0 Å². The Labute approximate surface area is 97.5 Å². The lowest BCUT2D eigenvalue weighted by Gasteiger charge is -2.22. The molecule has 0 aliphatic rings. The first-order valence-electron chi connectivity index (χ1n) is 4.89. The largest absolute Gasteiger partial charge is 0.481 e. The van der Waals surface area contributed by atoms with Crippen LogP contribution in [-0.2, 0) is 4.79 Å². The van der Waals surface area contributed by atoms with Crippen molar-refractivity contribution in [2.24, 2.45) is 5.41 Å². The highest BCUT2D eigenvalue weighted by atomic mass is 32.1. The van der Waals surface area contributed by atoms with Gasteiger partial charge >= 0.3 is 5.97 Å². The third kappa shape index (κ3) is 2.79. The van der Waals surface area contributed by atoms with Gasteiger partial charge in [0.05, 0.1) is 10.9 Å². The van der Waals surface area contributed by atoms with Crippen LogP contribution in [0.15, 0.2) is 10.9 Å². The summed E-state index contributed by atoms with van der Waals surface area (Å²) in [7, 11) is 0. The Balaban J connectivity index is 2.57. The first-order valence-corrected chi connectivity index (χ1v) is 5.83. The van der Waals surface area contributed by atoms with E-state index in [2.05, 4.69) is 10.3 Å². The van der Waals surface area contributed by atoms with Crippen LogP contribution in [0.25, 0.3) is 0 Å². The Bertz CT molecular complexity index is 377. The minimum absolute atomic E-state index is 0.106. The molecule has 0 saturated heterocycles. The van der Waals surface area contributed by atoms with Gasteiger partial charge in [0, 0.05) is 11.9 Å². The summed E-state index contributed by atoms with van der Waals surface area (Å²) in [6.45, 7) is 3.50. The number of hydrogen-bond donors (Lipinski definition) is 2. The SMILES string of the molecule is CCC(C)(CNC(=O)c1cscn1)C(=O)O. The second-order valence-electron chi connectivity index (χ2n) is 3.78. The first kappa shape index (κ1) is 12.6. The van der Waals surface area contributed by atoms with Crippen molar-refractivity contribution >= 4 is 23.2 Å². The van der Waals surface area contributed by atoms with E-state index in [1.165, 1.54) is 11.3 Å². The minimum atomic E-state index is -0.925. The minimum Gasteiger partial charge on any atom is -0.481 e. The third-order valence-electron chi connectivity index (χ3n) is 2.60. The van der Waals surface area contributed by atoms with E-state index in [1.54, 1.807) is 24.7 Å². The van der Waals surface area contributed by atoms with E-state index >= 15 is 0 Å². The second-order valence-corrected chi connectivity index (χ2v) is 4.49. The number of amides is 1. The van der Waals surface area contributed by atoms with E-state index in [1.807, 2.05) is 0 Å². The van der Waals surface area contributed by atoms with Crippen molar-refractivity contribution in [3.8, 4) is 0 Å². The molecule has 5 nitrogen and oxygen atoms in total. The molecule has 0 saturated carbocycles. The quantitative estimate of drug-likeness (QED) is 0.817. The molecule has 0 spiro atoms. The summed E-state index contributed by atoms with van der Waals surface area (Å²) in [6.07, 6.45) is 0.458. The van der Waals surface area contributed by atoms with Crippen molar-refractivity contribution in [3.63, 3.8) is 0 Å². The Hall–Kier alpha value is -1.43. The van der Waals surface area contributed by atoms with Gasteiger partial charge in [0.1, 0.15) is 5.69 Å². The number of carboxylic acids is 1. The van der Waals surface area contributed by atoms with Gasteiger partial charge in [-0.3, -0.25) is 9.59 Å². The second kappa shape index (κ2) is 5.07. The highest BCUT2D eigenvalue weighted by molar-refractivity contribution is 7.07. The zero-order valence-corrected chi connectivity index (χ0v) is 10.0. The molecule has 88 valence electrons. The molecular weight excluding hydrogens is 228 g/mol. The number of rotatable bonds is 5. The Kier molecular flexibility index (Phi) is 4.00. The number of carbonyl (C=O) groups is 2. The topological polar surface area (TPSA) is 79.3 Å². The van der Waals surface area contributed by atoms with Crippen LogP contribution in [0.2, 0.25) is 0 Å². The normalized spacial score (nSPS) is 14.1. The van der Waals surface area contributed by atoms with Crippen molar-refractivity contribution in [1.82, 2.24) is 10.3 Å². The van der Waals surface area contributed by atoms with E-state index in [0.29, 0.717) is 12.1 Å². The van der Waals surface area contributed by atoms with Gasteiger partial charge in [-0.25, -0.2) is 4.98 Å². The summed E-state index contributed by atoms with van der Waals surface area (Å²) >= 11 is 1.33. The molecule has 0 fully saturated rings. The maximum Gasteiger partial charge on any atom is 0.311 e. The van der Waals surface area contributed by atoms with E-state index in [4.69, 9.17) is 5.11 Å². The van der Waals surface area contributed by atoms with Gasteiger partial charge in [-0.05, 0) is 13.3 Å². The zero-order chi connectivity index (χ0) is 12.2. The molecule has 0 aromatic carbocycles. The highest BCUT2D eigenvalue weighted by Gasteiger charge is 2.31. The average Bonchev–Trinajstić information content (AvgIpc) is 2.78. The summed E-state index contributed by atoms with van der Waals surface area (Å²) in [5, 5.41) is 13.2. The molecule has 1 atom stereocenters. The molecule has 1 amide bonds. The molecule has 0 aliphatic heterocycles. The number of carbonyl (C=O) groups excluding carboxylic acids is 1. The van der Waals surface area contributed by atoms with Crippen LogP contribution in [0.1, 0.15) is 30.8 Å². The number of aromatic nitrogens is 1. The molecule has 2 N–H and O–H groups in total. The summed E-state index contributed by atoms with van der Waals surface area (Å²) in [4.78, 5) is 26.4. The van der Waals surface area contributed by atoms with Crippen LogP contribution in [0.4, 0.5) is 0 Å². The molecule has 0 bridgehead atoms. The van der Waals surface area contributed by atoms with Gasteiger partial charge in [0.25, 0.3) is 5.91 Å². The van der Waals surface area contributed by atoms with Crippen LogP contribution in [0.3, 0.4) is 0 Å². The van der Waals surface area contributed by atoms with E-state index in [-0.39, 0.29) is 12.5 Å². The number of nitrogens with one attached hydrogen (secondary N) is 1. The lowest BCUT2D eigenvalue weighted by molar-refractivity contribution is -0.147. The van der Waals surface area contributed by atoms with Gasteiger partial charge in [-0.15, -0.1) is 11.3 Å². The summed E-state index contributed by atoms with van der Waals surface area (Å²) in [6, 6.07) is 0. The van der Waals surface area contributed by atoms with Crippen molar-refractivity contribution in [2.45, 2.75) is 20.3 Å². The standard InChI is InChI=1S/C10H14N2O3S/c1-3-10(2,9(14)15)5-11-8(13)7-4-16-6-12-7/h4,6H,3,5H2,1-2H3,(H,11,13)(H,14,15). The molecule has 1 aromatic rings. The van der Waals surface area contributed by atoms with E-state index in [9.17, 15) is 9.59 Å². The molecule has 0 aliphatic carbocycles. The lowest BCUT2D eigenvalue weighted by atomic mass is 9.88. The average molecular weight is 242 g/mol. The third-order valence-corrected chi connectivity index (χ3v) is 3.19. The molecule has 6 heteroatoms. The number of nitrogens with zero attached hydrogens (tertiary/aromatic N) is 1. The zero-order valence-electron chi connectivity index (χ0n) is 9.19. The highest BCUT2D eigenvalue weighted by Crippen LogP contribution is 2.20. The number of carboxylic acid groups (broad SMARTS) is 1. The maximum atomic E-state index is 11.5. The molecule has 1 aromatic heterocycles. The number of aliphatic carboxylic acids is 1. The number of thiazole rings is 1. The fourth-order valence-corrected chi connectivity index (χ4v) is 1.57. The van der Waals surface area contributed by atoms with E-state index in [0.717, 1.165) is 0 Å². The molecular formula is C10H14N2O3S. The first-order chi connectivity index (χ1) is 7.49. The maximum absolute atomic E-state index is 11.5. The predicted molar refractivity (Wildman–Crippen MR) is 60.5 cm³/mol. The summed E-state index contributed by atoms with van der Waals surface area (Å²) in [5.41, 5.74) is 0.963. The van der Waals surface area contributed by atoms with Gasteiger partial charge in [-0.2, -0.15) is 0 Å². The van der Waals surface area contributed by atoms with E-state index < -0.39 is 11.4 Å². The van der Waals surface area contributed by atoms with Gasteiger partial charge < -0.3 is 10.4 Å². The van der Waals surface area contributed by atoms with Crippen LogP contribution in [0.5, 0.6) is 0 Å². The smallest absolute Gasteiger partial charge is 0.311 e. The summed E-state index contributed by atoms with van der Waals surface area (Å²) in [5.74, 6) is -1.24. The monoisotopic (exact) mass is 242 g/mol. The molecule has 1 heterocycles. The lowest BCUT2D eigenvalue weighted by Crippen LogP contribution is -2.40. The summed E-state index contributed by atoms with van der Waals surface area (Å²) < 4.78 is 0. The van der Waals surface area contributed by atoms with Crippen LogP contribution >= 0.6 is 11.3 Å². The fourth-order valence-electron chi connectivity index (χ4n) is 1.04.